The summed E-state index contributed by atoms with van der Waals surface area (Å²) in [5, 5.41) is 0. The molecule has 0 aliphatic heterocycles. The van der Waals surface area contributed by atoms with Gasteiger partial charge in [0.15, 0.2) is 0 Å². The molecular weight excluding hydrogens is 353 g/mol. The number of ether oxygens (including phenoxy) is 1. The van der Waals surface area contributed by atoms with E-state index in [0.29, 0.717) is 6.42 Å². The summed E-state index contributed by atoms with van der Waals surface area (Å²) < 4.78 is 19.7. The van der Waals surface area contributed by atoms with Crippen molar-refractivity contribution in [3.8, 4) is 0 Å². The summed E-state index contributed by atoms with van der Waals surface area (Å²) in [6, 6.07) is 28.1. The molecule has 1 aliphatic carbocycles. The lowest BCUT2D eigenvalue weighted by Crippen LogP contribution is -2.39. The van der Waals surface area contributed by atoms with Crippen molar-refractivity contribution < 1.29 is 13.9 Å². The van der Waals surface area contributed by atoms with Crippen LogP contribution in [0.15, 0.2) is 91.0 Å². The van der Waals surface area contributed by atoms with Crippen molar-refractivity contribution in [2.45, 2.75) is 31.3 Å². The van der Waals surface area contributed by atoms with Crippen molar-refractivity contribution in [1.82, 2.24) is 4.90 Å². The largest absolute Gasteiger partial charge is 0.445 e. The zero-order chi connectivity index (χ0) is 19.3. The van der Waals surface area contributed by atoms with E-state index in [2.05, 4.69) is 0 Å². The van der Waals surface area contributed by atoms with Crippen LogP contribution < -0.4 is 0 Å². The summed E-state index contributed by atoms with van der Waals surface area (Å²) in [5.74, 6) is 0. The highest BCUT2D eigenvalue weighted by Gasteiger charge is 2.48. The van der Waals surface area contributed by atoms with Crippen LogP contribution in [0.1, 0.15) is 29.2 Å². The predicted octanol–water partition coefficient (Wildman–Crippen LogP) is 5.53. The molecule has 0 saturated heterocycles. The van der Waals surface area contributed by atoms with Crippen molar-refractivity contribution in [3.63, 3.8) is 0 Å². The Balaban J connectivity index is 1.64. The SMILES string of the molecule is O=C(OCc1ccccc1)N(C(c1ccccc1)c1ccccc1)[C@@H]1C[C@H]1F. The van der Waals surface area contributed by atoms with E-state index in [0.717, 1.165) is 16.7 Å². The van der Waals surface area contributed by atoms with E-state index in [1.807, 2.05) is 91.0 Å². The van der Waals surface area contributed by atoms with Gasteiger partial charge in [-0.25, -0.2) is 9.18 Å². The Morgan fingerprint density at radius 1 is 0.893 bits per heavy atom. The molecule has 2 atom stereocenters. The van der Waals surface area contributed by atoms with E-state index in [9.17, 15) is 9.18 Å². The molecule has 0 aromatic heterocycles. The summed E-state index contributed by atoms with van der Waals surface area (Å²) in [7, 11) is 0. The molecule has 1 saturated carbocycles. The average Bonchev–Trinajstić information content (AvgIpc) is 3.48. The monoisotopic (exact) mass is 375 g/mol. The zero-order valence-electron chi connectivity index (χ0n) is 15.4. The first-order chi connectivity index (χ1) is 13.7. The lowest BCUT2D eigenvalue weighted by atomic mass is 9.97. The standard InChI is InChI=1S/C24H22FNO2/c25-21-16-22(21)26(24(27)28-17-18-10-4-1-5-11-18)23(19-12-6-2-7-13-19)20-14-8-3-9-15-20/h1-15,21-23H,16-17H2/t21-,22-/m1/s1. The fourth-order valence-corrected chi connectivity index (χ4v) is 3.45. The van der Waals surface area contributed by atoms with Crippen LogP contribution in [0.4, 0.5) is 9.18 Å². The minimum Gasteiger partial charge on any atom is -0.445 e. The summed E-state index contributed by atoms with van der Waals surface area (Å²) >= 11 is 0. The molecule has 4 heteroatoms. The Hall–Kier alpha value is -3.14. The molecule has 1 amide bonds. The molecular formula is C24H22FNO2. The molecule has 0 N–H and O–H groups in total. The van der Waals surface area contributed by atoms with Crippen molar-refractivity contribution in [3.05, 3.63) is 108 Å². The number of alkyl halides is 1. The highest BCUT2D eigenvalue weighted by atomic mass is 19.1. The minimum atomic E-state index is -1.01. The van der Waals surface area contributed by atoms with Gasteiger partial charge in [-0.2, -0.15) is 0 Å². The Labute approximate surface area is 164 Å². The Morgan fingerprint density at radius 2 is 1.36 bits per heavy atom. The summed E-state index contributed by atoms with van der Waals surface area (Å²) in [5.41, 5.74) is 2.77. The number of nitrogens with zero attached hydrogens (tertiary/aromatic N) is 1. The van der Waals surface area contributed by atoms with Gasteiger partial charge in [-0.3, -0.25) is 4.90 Å². The first kappa shape index (κ1) is 18.2. The van der Waals surface area contributed by atoms with Gasteiger partial charge >= 0.3 is 6.09 Å². The smallest absolute Gasteiger partial charge is 0.411 e. The number of carbonyl (C=O) groups excluding carboxylic acids is 1. The third kappa shape index (κ3) is 4.06. The molecule has 3 aromatic rings. The maximum Gasteiger partial charge on any atom is 0.411 e. The van der Waals surface area contributed by atoms with Gasteiger partial charge in [0.05, 0.1) is 12.1 Å². The number of hydrogen-bond acceptors (Lipinski definition) is 2. The first-order valence-electron chi connectivity index (χ1n) is 9.47. The lowest BCUT2D eigenvalue weighted by Gasteiger charge is -2.32. The third-order valence-electron chi connectivity index (χ3n) is 4.96. The molecule has 4 rings (SSSR count). The maximum atomic E-state index is 14.1. The molecule has 1 fully saturated rings. The van der Waals surface area contributed by atoms with E-state index in [4.69, 9.17) is 4.74 Å². The van der Waals surface area contributed by atoms with Gasteiger partial charge in [0, 0.05) is 6.42 Å². The summed E-state index contributed by atoms with van der Waals surface area (Å²) in [4.78, 5) is 14.6. The molecule has 3 nitrogen and oxygen atoms in total. The van der Waals surface area contributed by atoms with Crippen LogP contribution >= 0.6 is 0 Å². The molecule has 0 radical (unpaired) electrons. The van der Waals surface area contributed by atoms with Crippen LogP contribution in [0.5, 0.6) is 0 Å². The van der Waals surface area contributed by atoms with Crippen LogP contribution in [0, 0.1) is 0 Å². The molecule has 0 spiro atoms. The van der Waals surface area contributed by atoms with Gasteiger partial charge in [0.25, 0.3) is 0 Å². The van der Waals surface area contributed by atoms with E-state index in [-0.39, 0.29) is 6.61 Å². The van der Waals surface area contributed by atoms with E-state index in [1.54, 1.807) is 4.90 Å². The van der Waals surface area contributed by atoms with Gasteiger partial charge in [0.1, 0.15) is 12.8 Å². The average molecular weight is 375 g/mol. The van der Waals surface area contributed by atoms with Crippen molar-refractivity contribution in [1.29, 1.82) is 0 Å². The molecule has 1 aliphatic rings. The fourth-order valence-electron chi connectivity index (χ4n) is 3.45. The van der Waals surface area contributed by atoms with E-state index in [1.165, 1.54) is 0 Å². The minimum absolute atomic E-state index is 0.163. The van der Waals surface area contributed by atoms with Gasteiger partial charge < -0.3 is 4.74 Å². The second kappa shape index (κ2) is 8.26. The topological polar surface area (TPSA) is 29.5 Å². The normalized spacial score (nSPS) is 17.9. The number of rotatable bonds is 6. The highest BCUT2D eigenvalue weighted by molar-refractivity contribution is 5.70. The number of benzene rings is 3. The summed E-state index contributed by atoms with van der Waals surface area (Å²) in [6.07, 6.45) is -1.16. The van der Waals surface area contributed by atoms with Crippen molar-refractivity contribution >= 4 is 6.09 Å². The van der Waals surface area contributed by atoms with Crippen molar-refractivity contribution in [2.24, 2.45) is 0 Å². The second-order valence-electron chi connectivity index (χ2n) is 6.99. The van der Waals surface area contributed by atoms with Gasteiger partial charge in [0.2, 0.25) is 0 Å². The fraction of sp³-hybridized carbons (Fsp3) is 0.208. The number of amides is 1. The van der Waals surface area contributed by atoms with Crippen LogP contribution in [0.2, 0.25) is 0 Å². The van der Waals surface area contributed by atoms with Gasteiger partial charge in [-0.05, 0) is 16.7 Å². The third-order valence-corrected chi connectivity index (χ3v) is 4.96. The van der Waals surface area contributed by atoms with E-state index < -0.39 is 24.3 Å². The highest BCUT2D eigenvalue weighted by Crippen LogP contribution is 2.40. The molecule has 3 aromatic carbocycles. The summed E-state index contributed by atoms with van der Waals surface area (Å²) in [6.45, 7) is 0.163. The van der Waals surface area contributed by atoms with Crippen LogP contribution in [0.25, 0.3) is 0 Å². The van der Waals surface area contributed by atoms with Crippen LogP contribution in [0.3, 0.4) is 0 Å². The quantitative estimate of drug-likeness (QED) is 0.567. The van der Waals surface area contributed by atoms with Gasteiger partial charge in [-0.15, -0.1) is 0 Å². The molecule has 142 valence electrons. The Morgan fingerprint density at radius 3 is 1.82 bits per heavy atom. The zero-order valence-corrected chi connectivity index (χ0v) is 15.4. The van der Waals surface area contributed by atoms with Crippen LogP contribution in [-0.4, -0.2) is 23.2 Å². The Bertz CT molecular complexity index is 862. The molecule has 0 unspecified atom stereocenters. The van der Waals surface area contributed by atoms with E-state index >= 15 is 0 Å². The predicted molar refractivity (Wildman–Crippen MR) is 106 cm³/mol. The Kier molecular flexibility index (Phi) is 5.38. The number of carbonyl (C=O) groups is 1. The van der Waals surface area contributed by atoms with Gasteiger partial charge in [-0.1, -0.05) is 91.0 Å². The first-order valence-corrected chi connectivity index (χ1v) is 9.47. The molecule has 28 heavy (non-hydrogen) atoms. The number of halogens is 1. The maximum absolute atomic E-state index is 14.1. The number of hydrogen-bond donors (Lipinski definition) is 0. The molecule has 0 bridgehead atoms. The van der Waals surface area contributed by atoms with Crippen molar-refractivity contribution in [2.75, 3.05) is 0 Å². The lowest BCUT2D eigenvalue weighted by molar-refractivity contribution is 0.0794. The molecule has 0 heterocycles. The second-order valence-corrected chi connectivity index (χ2v) is 6.99. The van der Waals surface area contributed by atoms with Crippen LogP contribution in [-0.2, 0) is 11.3 Å².